The Morgan fingerprint density at radius 2 is 1.83 bits per heavy atom. The summed E-state index contributed by atoms with van der Waals surface area (Å²) in [4.78, 5) is 20.0. The molecule has 10 heteroatoms. The van der Waals surface area contributed by atoms with Gasteiger partial charge >= 0.3 is 5.30 Å². The minimum Gasteiger partial charge on any atom is -0.456 e. The van der Waals surface area contributed by atoms with Gasteiger partial charge in [-0.05, 0) is 55.7 Å². The van der Waals surface area contributed by atoms with Crippen molar-refractivity contribution in [2.45, 2.75) is 25.7 Å². The first-order valence-electron chi connectivity index (χ1n) is 9.39. The van der Waals surface area contributed by atoms with Crippen molar-refractivity contribution in [2.24, 2.45) is 4.99 Å². The molecular weight excluding hydrogens is 424 g/mol. The van der Waals surface area contributed by atoms with E-state index in [1.807, 2.05) is 6.19 Å². The zero-order chi connectivity index (χ0) is 21.4. The smallest absolute Gasteiger partial charge is 0.388 e. The van der Waals surface area contributed by atoms with Gasteiger partial charge in [0.05, 0.1) is 18.6 Å². The van der Waals surface area contributed by atoms with E-state index in [-0.39, 0.29) is 5.30 Å². The van der Waals surface area contributed by atoms with E-state index in [1.54, 1.807) is 48.8 Å². The molecule has 8 nitrogen and oxygen atoms in total. The van der Waals surface area contributed by atoms with Crippen LogP contribution in [0.2, 0.25) is 5.02 Å². The van der Waals surface area contributed by atoms with Crippen molar-refractivity contribution in [1.29, 1.82) is 5.26 Å². The van der Waals surface area contributed by atoms with Crippen LogP contribution in [-0.4, -0.2) is 29.4 Å². The standard InChI is InChI=1S/C20H23ClN6O2S/c21-16-5-7-18(8-6-16)27-30-20(28)29-14-4-2-1-3-11-24-19(25-15-22)26-17-9-12-23-13-10-17/h5-10,12-13,27H,1-4,11,14H2,(H2,23,24,25,26). The van der Waals surface area contributed by atoms with Crippen molar-refractivity contribution in [3.63, 3.8) is 0 Å². The molecule has 0 aliphatic heterocycles. The number of hydrogen-bond donors (Lipinski definition) is 3. The van der Waals surface area contributed by atoms with Gasteiger partial charge in [-0.15, -0.1) is 0 Å². The Bertz CT molecular complexity index is 843. The van der Waals surface area contributed by atoms with E-state index < -0.39 is 0 Å². The first-order valence-corrected chi connectivity index (χ1v) is 10.6. The number of benzene rings is 1. The fourth-order valence-electron chi connectivity index (χ4n) is 2.30. The number of nitrogens with zero attached hydrogens (tertiary/aromatic N) is 3. The van der Waals surface area contributed by atoms with Crippen LogP contribution in [0, 0.1) is 11.5 Å². The average Bonchev–Trinajstić information content (AvgIpc) is 2.76. The summed E-state index contributed by atoms with van der Waals surface area (Å²) in [5.41, 5.74) is 1.59. The highest BCUT2D eigenvalue weighted by molar-refractivity contribution is 8.14. The molecule has 158 valence electrons. The zero-order valence-corrected chi connectivity index (χ0v) is 17.9. The third kappa shape index (κ3) is 10.0. The maximum Gasteiger partial charge on any atom is 0.388 e. The highest BCUT2D eigenvalue weighted by Gasteiger charge is 2.04. The molecule has 0 saturated carbocycles. The first kappa shape index (κ1) is 23.3. The summed E-state index contributed by atoms with van der Waals surface area (Å²) in [7, 11) is 0. The lowest BCUT2D eigenvalue weighted by Crippen LogP contribution is -2.27. The second-order valence-electron chi connectivity index (χ2n) is 6.05. The number of pyridine rings is 1. The third-order valence-corrected chi connectivity index (χ3v) is 4.63. The van der Waals surface area contributed by atoms with Gasteiger partial charge in [0.15, 0.2) is 6.19 Å². The van der Waals surface area contributed by atoms with Gasteiger partial charge in [-0.25, -0.2) is 4.79 Å². The van der Waals surface area contributed by atoms with Crippen molar-refractivity contribution >= 4 is 46.2 Å². The Morgan fingerprint density at radius 3 is 2.57 bits per heavy atom. The van der Waals surface area contributed by atoms with E-state index in [9.17, 15) is 4.79 Å². The highest BCUT2D eigenvalue weighted by atomic mass is 35.5. The molecule has 0 atom stereocenters. The predicted molar refractivity (Wildman–Crippen MR) is 121 cm³/mol. The molecule has 0 aliphatic rings. The second-order valence-corrected chi connectivity index (χ2v) is 7.23. The van der Waals surface area contributed by atoms with Crippen LogP contribution in [0.1, 0.15) is 25.7 Å². The number of aliphatic imine (C=N–C) groups is 1. The minimum absolute atomic E-state index is 0.371. The highest BCUT2D eigenvalue weighted by Crippen LogP contribution is 2.17. The molecule has 0 spiro atoms. The fourth-order valence-corrected chi connectivity index (χ4v) is 2.90. The van der Waals surface area contributed by atoms with Crippen LogP contribution in [0.3, 0.4) is 0 Å². The van der Waals surface area contributed by atoms with E-state index in [0.29, 0.717) is 24.1 Å². The number of halogens is 1. The van der Waals surface area contributed by atoms with Gasteiger partial charge in [-0.1, -0.05) is 18.0 Å². The second kappa shape index (κ2) is 14.1. The number of hydrogen-bond acceptors (Lipinski definition) is 7. The van der Waals surface area contributed by atoms with Crippen LogP contribution >= 0.6 is 23.5 Å². The van der Waals surface area contributed by atoms with Gasteiger partial charge in [0.1, 0.15) is 0 Å². The molecule has 1 heterocycles. The van der Waals surface area contributed by atoms with E-state index in [4.69, 9.17) is 21.6 Å². The zero-order valence-electron chi connectivity index (χ0n) is 16.3. The number of aromatic nitrogens is 1. The van der Waals surface area contributed by atoms with Crippen molar-refractivity contribution in [2.75, 3.05) is 23.2 Å². The largest absolute Gasteiger partial charge is 0.456 e. The van der Waals surface area contributed by atoms with Gasteiger partial charge in [-0.2, -0.15) is 5.26 Å². The van der Waals surface area contributed by atoms with E-state index >= 15 is 0 Å². The molecule has 0 aliphatic carbocycles. The lowest BCUT2D eigenvalue weighted by Gasteiger charge is -2.08. The third-order valence-electron chi connectivity index (χ3n) is 3.76. The number of ether oxygens (including phenoxy) is 1. The van der Waals surface area contributed by atoms with Crippen LogP contribution in [0.15, 0.2) is 53.8 Å². The number of nitrogens with one attached hydrogen (secondary N) is 3. The molecule has 3 N–H and O–H groups in total. The Balaban J connectivity index is 1.53. The Labute approximate surface area is 185 Å². The Morgan fingerprint density at radius 1 is 1.10 bits per heavy atom. The fraction of sp³-hybridized carbons (Fsp3) is 0.300. The predicted octanol–water partition coefficient (Wildman–Crippen LogP) is 5.03. The van der Waals surface area contributed by atoms with Crippen LogP contribution in [0.25, 0.3) is 0 Å². The van der Waals surface area contributed by atoms with Crippen molar-refractivity contribution in [3.05, 3.63) is 53.8 Å². The van der Waals surface area contributed by atoms with Gasteiger partial charge in [0, 0.05) is 35.3 Å². The van der Waals surface area contributed by atoms with E-state index in [1.165, 1.54) is 0 Å². The summed E-state index contributed by atoms with van der Waals surface area (Å²) in [6, 6.07) is 10.6. The number of carbonyl (C=O) groups is 1. The molecule has 0 saturated heterocycles. The minimum atomic E-state index is -0.371. The molecular formula is C20H23ClN6O2S. The summed E-state index contributed by atoms with van der Waals surface area (Å²) < 4.78 is 8.09. The van der Waals surface area contributed by atoms with Crippen LogP contribution in [-0.2, 0) is 4.74 Å². The summed E-state index contributed by atoms with van der Waals surface area (Å²) in [6.45, 7) is 0.963. The normalized spacial score (nSPS) is 10.7. The van der Waals surface area contributed by atoms with Crippen LogP contribution in [0.4, 0.5) is 16.2 Å². The maximum absolute atomic E-state index is 11.7. The molecule has 1 aromatic carbocycles. The molecule has 30 heavy (non-hydrogen) atoms. The summed E-state index contributed by atoms with van der Waals surface area (Å²) in [6.07, 6.45) is 8.72. The van der Waals surface area contributed by atoms with Gasteiger partial charge in [0.2, 0.25) is 5.96 Å². The van der Waals surface area contributed by atoms with Crippen molar-refractivity contribution in [3.8, 4) is 6.19 Å². The maximum atomic E-state index is 11.7. The summed E-state index contributed by atoms with van der Waals surface area (Å²) in [5, 5.41) is 14.7. The van der Waals surface area contributed by atoms with Crippen molar-refractivity contribution in [1.82, 2.24) is 10.3 Å². The average molecular weight is 447 g/mol. The van der Waals surface area contributed by atoms with E-state index in [2.05, 4.69) is 25.3 Å². The van der Waals surface area contributed by atoms with Gasteiger partial charge in [-0.3, -0.25) is 15.3 Å². The molecule has 0 bridgehead atoms. The lowest BCUT2D eigenvalue weighted by atomic mass is 10.2. The molecule has 0 fully saturated rings. The summed E-state index contributed by atoms with van der Waals surface area (Å²) >= 11 is 6.71. The van der Waals surface area contributed by atoms with E-state index in [0.717, 1.165) is 49.0 Å². The molecule has 0 unspecified atom stereocenters. The number of anilines is 2. The molecule has 2 rings (SSSR count). The summed E-state index contributed by atoms with van der Waals surface area (Å²) in [5.74, 6) is 0.405. The topological polar surface area (TPSA) is 111 Å². The molecule has 2 aromatic rings. The monoisotopic (exact) mass is 446 g/mol. The SMILES string of the molecule is N#CNC(=NCCCCCCOC(=O)SNc1ccc(Cl)cc1)Nc1ccncc1. The van der Waals surface area contributed by atoms with Crippen LogP contribution in [0.5, 0.6) is 0 Å². The van der Waals surface area contributed by atoms with Gasteiger partial charge in [0.25, 0.3) is 0 Å². The molecule has 0 radical (unpaired) electrons. The van der Waals surface area contributed by atoms with Crippen molar-refractivity contribution < 1.29 is 9.53 Å². The lowest BCUT2D eigenvalue weighted by molar-refractivity contribution is 0.172. The Kier molecular flexibility index (Phi) is 11.0. The number of unbranched alkanes of at least 4 members (excludes halogenated alkanes) is 3. The number of rotatable bonds is 10. The molecule has 0 amide bonds. The number of nitriles is 1. The first-order chi connectivity index (χ1) is 14.7. The molecule has 1 aromatic heterocycles. The van der Waals surface area contributed by atoms with Crippen LogP contribution < -0.4 is 15.4 Å². The number of guanidine groups is 1. The number of carbonyl (C=O) groups excluding carboxylic acids is 1. The van der Waals surface area contributed by atoms with Gasteiger partial charge < -0.3 is 14.8 Å². The Hall–Kier alpha value is -2.96. The quantitative estimate of drug-likeness (QED) is 0.0885.